The average Bonchev–Trinajstić information content (AvgIpc) is 3.36. The molecule has 0 amide bonds. The second kappa shape index (κ2) is 6.37. The van der Waals surface area contributed by atoms with Crippen LogP contribution in [0.2, 0.25) is 0 Å². The zero-order valence-corrected chi connectivity index (χ0v) is 16.1. The van der Waals surface area contributed by atoms with Crippen molar-refractivity contribution in [1.29, 1.82) is 0 Å². The first-order chi connectivity index (χ1) is 13.9. The largest absolute Gasteiger partial charge is 0.353 e. The Balaban J connectivity index is 1.50. The average molecular weight is 367 g/mol. The number of aryl methyl sites for hydroxylation is 2. The van der Waals surface area contributed by atoms with Crippen LogP contribution in [0.4, 0.5) is 0 Å². The van der Waals surface area contributed by atoms with Crippen molar-refractivity contribution in [2.45, 2.75) is 50.9 Å². The number of benzene rings is 2. The van der Waals surface area contributed by atoms with Crippen molar-refractivity contribution >= 4 is 10.9 Å². The molecular formula is C25H25N3. The van der Waals surface area contributed by atoms with Gasteiger partial charge in [-0.2, -0.15) is 5.10 Å². The number of nitrogens with one attached hydrogen (secondary N) is 1. The normalized spacial score (nSPS) is 16.9. The molecule has 2 aliphatic rings. The molecule has 0 saturated heterocycles. The predicted octanol–water partition coefficient (Wildman–Crippen LogP) is 6.17. The molecule has 1 saturated carbocycles. The molecule has 6 rings (SSSR count). The number of H-pyrrole nitrogens is 1. The number of nitrogens with zero attached hydrogens (tertiary/aromatic N) is 2. The molecule has 3 nitrogen and oxygen atoms in total. The number of hydrogen-bond acceptors (Lipinski definition) is 1. The molecule has 0 unspecified atom stereocenters. The van der Waals surface area contributed by atoms with Crippen molar-refractivity contribution in [3.8, 4) is 17.1 Å². The van der Waals surface area contributed by atoms with Gasteiger partial charge < -0.3 is 4.98 Å². The fourth-order valence-corrected chi connectivity index (χ4v) is 5.27. The Morgan fingerprint density at radius 3 is 2.64 bits per heavy atom. The summed E-state index contributed by atoms with van der Waals surface area (Å²) in [5.41, 5.74) is 9.24. The van der Waals surface area contributed by atoms with Crippen LogP contribution >= 0.6 is 0 Å². The van der Waals surface area contributed by atoms with E-state index in [-0.39, 0.29) is 0 Å². The second-order valence-corrected chi connectivity index (χ2v) is 8.38. The molecule has 0 atom stereocenters. The summed E-state index contributed by atoms with van der Waals surface area (Å²) in [7, 11) is 0. The van der Waals surface area contributed by atoms with Crippen molar-refractivity contribution in [1.82, 2.24) is 14.8 Å². The Morgan fingerprint density at radius 2 is 1.79 bits per heavy atom. The first kappa shape index (κ1) is 16.2. The van der Waals surface area contributed by atoms with Crippen LogP contribution in [0.3, 0.4) is 0 Å². The molecule has 1 fully saturated rings. The molecule has 4 aromatic rings. The Hall–Kier alpha value is -2.81. The van der Waals surface area contributed by atoms with Gasteiger partial charge in [0.2, 0.25) is 0 Å². The minimum absolute atomic E-state index is 0.748. The fourth-order valence-electron chi connectivity index (χ4n) is 5.27. The highest BCUT2D eigenvalue weighted by atomic mass is 15.3. The Kier molecular flexibility index (Phi) is 3.68. The molecule has 2 heterocycles. The Bertz CT molecular complexity index is 1140. The quantitative estimate of drug-likeness (QED) is 0.452. The number of aromatic amines is 1. The third-order valence-electron chi connectivity index (χ3n) is 6.73. The lowest BCUT2D eigenvalue weighted by Crippen LogP contribution is -2.06. The summed E-state index contributed by atoms with van der Waals surface area (Å²) in [5.74, 6) is 0.748. The molecule has 1 N–H and O–H groups in total. The highest BCUT2D eigenvalue weighted by molar-refractivity contribution is 5.92. The van der Waals surface area contributed by atoms with Crippen LogP contribution in [-0.4, -0.2) is 14.8 Å². The minimum atomic E-state index is 0.748. The van der Waals surface area contributed by atoms with Gasteiger partial charge in [-0.05, 0) is 67.0 Å². The maximum Gasteiger partial charge on any atom is 0.0938 e. The summed E-state index contributed by atoms with van der Waals surface area (Å²) >= 11 is 0. The first-order valence-corrected chi connectivity index (χ1v) is 10.7. The molecule has 2 aromatic carbocycles. The van der Waals surface area contributed by atoms with Gasteiger partial charge in [-0.15, -0.1) is 0 Å². The summed E-state index contributed by atoms with van der Waals surface area (Å²) in [5, 5.41) is 6.15. The van der Waals surface area contributed by atoms with E-state index in [1.165, 1.54) is 71.1 Å². The maximum atomic E-state index is 4.72. The van der Waals surface area contributed by atoms with E-state index in [1.54, 1.807) is 0 Å². The van der Waals surface area contributed by atoms with Crippen molar-refractivity contribution < 1.29 is 0 Å². The van der Waals surface area contributed by atoms with Crippen molar-refractivity contribution in [3.63, 3.8) is 0 Å². The van der Waals surface area contributed by atoms with Gasteiger partial charge in [0.1, 0.15) is 0 Å². The van der Waals surface area contributed by atoms with Gasteiger partial charge in [0.05, 0.1) is 23.3 Å². The zero-order chi connectivity index (χ0) is 18.5. The third kappa shape index (κ3) is 2.46. The standard InChI is InChI=1S/C25H25N3/c1-3-7-17(8-4-1)18-12-14-23-22(15-18)21-13-11-19-16-26-28(25(19)24(21)27-23)20-9-5-2-6-10-20/h2,5-6,9-10,12,14-17,27H,1,3-4,7-8,11,13H2. The molecular weight excluding hydrogens is 342 g/mol. The van der Waals surface area contributed by atoms with Gasteiger partial charge in [0.15, 0.2) is 0 Å². The van der Waals surface area contributed by atoms with Crippen LogP contribution in [0.25, 0.3) is 28.0 Å². The van der Waals surface area contributed by atoms with E-state index in [1.807, 2.05) is 6.20 Å². The van der Waals surface area contributed by atoms with Crippen LogP contribution < -0.4 is 0 Å². The zero-order valence-electron chi connectivity index (χ0n) is 16.1. The molecule has 0 bridgehead atoms. The van der Waals surface area contributed by atoms with Crippen LogP contribution in [0, 0.1) is 0 Å². The number of rotatable bonds is 2. The molecule has 0 spiro atoms. The molecule has 3 heteroatoms. The topological polar surface area (TPSA) is 33.6 Å². The van der Waals surface area contributed by atoms with E-state index in [0.717, 1.165) is 24.4 Å². The van der Waals surface area contributed by atoms with Gasteiger partial charge in [0.25, 0.3) is 0 Å². The minimum Gasteiger partial charge on any atom is -0.353 e. The monoisotopic (exact) mass is 367 g/mol. The molecule has 140 valence electrons. The SMILES string of the molecule is c1ccc(-n2ncc3c2-c2[nH]c4ccc(C5CCCCC5)cc4c2CC3)cc1. The first-order valence-electron chi connectivity index (χ1n) is 10.7. The van der Waals surface area contributed by atoms with Gasteiger partial charge in [0, 0.05) is 16.5 Å². The van der Waals surface area contributed by atoms with Crippen molar-refractivity contribution in [2.24, 2.45) is 0 Å². The van der Waals surface area contributed by atoms with Crippen molar-refractivity contribution in [3.05, 3.63) is 71.4 Å². The highest BCUT2D eigenvalue weighted by Crippen LogP contribution is 2.40. The van der Waals surface area contributed by atoms with Gasteiger partial charge >= 0.3 is 0 Å². The van der Waals surface area contributed by atoms with Crippen molar-refractivity contribution in [2.75, 3.05) is 0 Å². The lowest BCUT2D eigenvalue weighted by Gasteiger charge is -2.22. The predicted molar refractivity (Wildman–Crippen MR) is 114 cm³/mol. The van der Waals surface area contributed by atoms with Crippen LogP contribution in [0.5, 0.6) is 0 Å². The molecule has 0 radical (unpaired) electrons. The van der Waals surface area contributed by atoms with Gasteiger partial charge in [-0.25, -0.2) is 4.68 Å². The molecule has 0 aliphatic heterocycles. The number of fused-ring (bicyclic) bond motifs is 5. The third-order valence-corrected chi connectivity index (χ3v) is 6.73. The maximum absolute atomic E-state index is 4.72. The second-order valence-electron chi connectivity index (χ2n) is 8.38. The number of hydrogen-bond donors (Lipinski definition) is 1. The smallest absolute Gasteiger partial charge is 0.0938 e. The van der Waals surface area contributed by atoms with E-state index < -0.39 is 0 Å². The van der Waals surface area contributed by atoms with Crippen LogP contribution in [0.15, 0.2) is 54.7 Å². The van der Waals surface area contributed by atoms with E-state index in [9.17, 15) is 0 Å². The van der Waals surface area contributed by atoms with E-state index in [0.29, 0.717) is 0 Å². The van der Waals surface area contributed by atoms with Crippen LogP contribution in [0.1, 0.15) is 54.7 Å². The Labute approximate surface area is 165 Å². The summed E-state index contributed by atoms with van der Waals surface area (Å²) in [6, 6.07) is 17.6. The fraction of sp³-hybridized carbons (Fsp3) is 0.320. The lowest BCUT2D eigenvalue weighted by molar-refractivity contribution is 0.444. The van der Waals surface area contributed by atoms with E-state index >= 15 is 0 Å². The lowest BCUT2D eigenvalue weighted by atomic mass is 9.83. The van der Waals surface area contributed by atoms with Crippen LogP contribution in [-0.2, 0) is 12.8 Å². The highest BCUT2D eigenvalue weighted by Gasteiger charge is 2.26. The van der Waals surface area contributed by atoms with E-state index in [4.69, 9.17) is 5.10 Å². The van der Waals surface area contributed by atoms with E-state index in [2.05, 4.69) is 58.2 Å². The number of para-hydroxylation sites is 1. The summed E-state index contributed by atoms with van der Waals surface area (Å²) < 4.78 is 2.10. The number of aromatic nitrogens is 3. The summed E-state index contributed by atoms with van der Waals surface area (Å²) in [4.78, 5) is 3.74. The molecule has 2 aliphatic carbocycles. The van der Waals surface area contributed by atoms with Gasteiger partial charge in [-0.1, -0.05) is 43.5 Å². The Morgan fingerprint density at radius 1 is 0.929 bits per heavy atom. The van der Waals surface area contributed by atoms with Gasteiger partial charge in [-0.3, -0.25) is 0 Å². The molecule has 28 heavy (non-hydrogen) atoms. The summed E-state index contributed by atoms with van der Waals surface area (Å²) in [6.45, 7) is 0. The summed E-state index contributed by atoms with van der Waals surface area (Å²) in [6.07, 6.45) is 11.1. The molecule has 2 aromatic heterocycles.